The number of sulfonamides is 1. The first-order chi connectivity index (χ1) is 15.7. The number of hydrogen-bond acceptors (Lipinski definition) is 4. The van der Waals surface area contributed by atoms with E-state index in [0.717, 1.165) is 22.3 Å². The van der Waals surface area contributed by atoms with Gasteiger partial charge >= 0.3 is 0 Å². The van der Waals surface area contributed by atoms with E-state index < -0.39 is 15.9 Å². The van der Waals surface area contributed by atoms with Crippen LogP contribution in [-0.2, 0) is 21.4 Å². The molecule has 6 nitrogen and oxygen atoms in total. The molecule has 3 aromatic rings. The molecule has 0 aromatic heterocycles. The fraction of sp³-hybridized carbons (Fsp3) is 0.269. The molecule has 1 amide bonds. The lowest BCUT2D eigenvalue weighted by Crippen LogP contribution is -2.41. The molecule has 0 aliphatic carbocycles. The van der Waals surface area contributed by atoms with Crippen LogP contribution in [0.3, 0.4) is 0 Å². The van der Waals surface area contributed by atoms with E-state index in [1.54, 1.807) is 31.4 Å². The lowest BCUT2D eigenvalue weighted by atomic mass is 10.1. The van der Waals surface area contributed by atoms with E-state index in [4.69, 9.17) is 4.74 Å². The van der Waals surface area contributed by atoms with Gasteiger partial charge in [0.2, 0.25) is 15.9 Å². The van der Waals surface area contributed by atoms with Gasteiger partial charge < -0.3 is 10.1 Å². The largest absolute Gasteiger partial charge is 0.496 e. The zero-order valence-electron chi connectivity index (χ0n) is 19.4. The molecule has 174 valence electrons. The number of aryl methyl sites for hydroxylation is 2. The van der Waals surface area contributed by atoms with Crippen molar-refractivity contribution in [2.24, 2.45) is 0 Å². The number of carbonyl (C=O) groups excluding carboxylic acids is 1. The third-order valence-electron chi connectivity index (χ3n) is 5.40. The third kappa shape index (κ3) is 6.21. The molecule has 0 heterocycles. The van der Waals surface area contributed by atoms with Gasteiger partial charge in [0.15, 0.2) is 0 Å². The average molecular weight is 467 g/mol. The van der Waals surface area contributed by atoms with Crippen LogP contribution >= 0.6 is 0 Å². The van der Waals surface area contributed by atoms with Gasteiger partial charge in [0.25, 0.3) is 0 Å². The molecule has 0 bridgehead atoms. The Morgan fingerprint density at radius 3 is 2.33 bits per heavy atom. The summed E-state index contributed by atoms with van der Waals surface area (Å²) in [6.45, 7) is 5.48. The van der Waals surface area contributed by atoms with Crippen molar-refractivity contribution < 1.29 is 17.9 Å². The number of nitrogens with one attached hydrogen (secondary N) is 1. The summed E-state index contributed by atoms with van der Waals surface area (Å²) in [7, 11) is -2.31. The standard InChI is InChI=1S/C26H30N2O4S/c1-19-12-14-23(15-13-19)33(30,31)28(17-22-9-7-8-20(2)16-22)18-26(29)27-21(3)24-10-5-6-11-25(24)32-4/h5-16,21H,17-18H2,1-4H3,(H,27,29)/t21-/m1/s1. The molecule has 0 fully saturated rings. The summed E-state index contributed by atoms with van der Waals surface area (Å²) < 4.78 is 33.5. The second-order valence-corrected chi connectivity index (χ2v) is 10.0. The maximum atomic E-state index is 13.5. The van der Waals surface area contributed by atoms with E-state index in [1.165, 1.54) is 4.31 Å². The zero-order chi connectivity index (χ0) is 24.0. The van der Waals surface area contributed by atoms with E-state index in [2.05, 4.69) is 5.32 Å². The molecule has 1 atom stereocenters. The Hall–Kier alpha value is -3.16. The van der Waals surface area contributed by atoms with Gasteiger partial charge in [-0.1, -0.05) is 65.7 Å². The van der Waals surface area contributed by atoms with Crippen LogP contribution in [0, 0.1) is 13.8 Å². The minimum Gasteiger partial charge on any atom is -0.496 e. The van der Waals surface area contributed by atoms with Crippen LogP contribution in [-0.4, -0.2) is 32.3 Å². The summed E-state index contributed by atoms with van der Waals surface area (Å²) in [5.41, 5.74) is 3.62. The summed E-state index contributed by atoms with van der Waals surface area (Å²) in [6.07, 6.45) is 0. The molecule has 1 N–H and O–H groups in total. The summed E-state index contributed by atoms with van der Waals surface area (Å²) in [5.74, 6) is 0.269. The Bertz CT molecular complexity index is 1210. The van der Waals surface area contributed by atoms with Crippen LogP contribution < -0.4 is 10.1 Å². The monoisotopic (exact) mass is 466 g/mol. The van der Waals surface area contributed by atoms with Gasteiger partial charge in [0, 0.05) is 12.1 Å². The Balaban J connectivity index is 1.85. The molecular formula is C26H30N2O4S. The molecule has 0 aliphatic heterocycles. The quantitative estimate of drug-likeness (QED) is 0.508. The molecule has 0 radical (unpaired) electrons. The number of benzene rings is 3. The second kappa shape index (κ2) is 10.6. The van der Waals surface area contributed by atoms with Crippen molar-refractivity contribution in [3.8, 4) is 5.75 Å². The highest BCUT2D eigenvalue weighted by atomic mass is 32.2. The Morgan fingerprint density at radius 1 is 0.970 bits per heavy atom. The Labute approximate surface area is 196 Å². The number of ether oxygens (including phenoxy) is 1. The van der Waals surface area contributed by atoms with Crippen LogP contribution in [0.4, 0.5) is 0 Å². The molecule has 0 unspecified atom stereocenters. The van der Waals surface area contributed by atoms with Crippen molar-refractivity contribution in [3.63, 3.8) is 0 Å². The molecule has 3 aromatic carbocycles. The molecule has 7 heteroatoms. The highest BCUT2D eigenvalue weighted by Crippen LogP contribution is 2.25. The van der Waals surface area contributed by atoms with Crippen molar-refractivity contribution in [1.29, 1.82) is 0 Å². The van der Waals surface area contributed by atoms with E-state index in [0.29, 0.717) is 5.75 Å². The lowest BCUT2D eigenvalue weighted by Gasteiger charge is -2.24. The SMILES string of the molecule is COc1ccccc1[C@@H](C)NC(=O)CN(Cc1cccc(C)c1)S(=O)(=O)c1ccc(C)cc1. The lowest BCUT2D eigenvalue weighted by molar-refractivity contribution is -0.122. The summed E-state index contributed by atoms with van der Waals surface area (Å²) in [6, 6.07) is 21.3. The van der Waals surface area contributed by atoms with E-state index >= 15 is 0 Å². The number of methoxy groups -OCH3 is 1. The van der Waals surface area contributed by atoms with Crippen molar-refractivity contribution >= 4 is 15.9 Å². The van der Waals surface area contributed by atoms with Gasteiger partial charge in [0.1, 0.15) is 5.75 Å². The highest BCUT2D eigenvalue weighted by Gasteiger charge is 2.27. The van der Waals surface area contributed by atoms with Gasteiger partial charge in [-0.2, -0.15) is 4.31 Å². The Morgan fingerprint density at radius 2 is 1.67 bits per heavy atom. The van der Waals surface area contributed by atoms with Gasteiger partial charge in [0.05, 0.1) is 24.6 Å². The van der Waals surface area contributed by atoms with Gasteiger partial charge in [-0.05, 0) is 44.5 Å². The maximum Gasteiger partial charge on any atom is 0.243 e. The maximum absolute atomic E-state index is 13.5. The smallest absolute Gasteiger partial charge is 0.243 e. The molecule has 0 saturated carbocycles. The van der Waals surface area contributed by atoms with E-state index in [9.17, 15) is 13.2 Å². The van der Waals surface area contributed by atoms with E-state index in [-0.39, 0.29) is 24.0 Å². The first-order valence-electron chi connectivity index (χ1n) is 10.8. The number of para-hydroxylation sites is 1. The summed E-state index contributed by atoms with van der Waals surface area (Å²) in [4.78, 5) is 13.1. The summed E-state index contributed by atoms with van der Waals surface area (Å²) >= 11 is 0. The normalized spacial score (nSPS) is 12.4. The fourth-order valence-electron chi connectivity index (χ4n) is 3.65. The third-order valence-corrected chi connectivity index (χ3v) is 7.21. The van der Waals surface area contributed by atoms with Gasteiger partial charge in [-0.25, -0.2) is 8.42 Å². The van der Waals surface area contributed by atoms with E-state index in [1.807, 2.05) is 69.3 Å². The molecular weight excluding hydrogens is 436 g/mol. The zero-order valence-corrected chi connectivity index (χ0v) is 20.2. The first-order valence-corrected chi connectivity index (χ1v) is 12.2. The number of nitrogens with zero attached hydrogens (tertiary/aromatic N) is 1. The van der Waals surface area contributed by atoms with Crippen molar-refractivity contribution in [1.82, 2.24) is 9.62 Å². The minimum absolute atomic E-state index is 0.0916. The predicted octanol–water partition coefficient (Wildman–Crippen LogP) is 4.38. The van der Waals surface area contributed by atoms with Crippen LogP contribution in [0.2, 0.25) is 0 Å². The van der Waals surface area contributed by atoms with Crippen molar-refractivity contribution in [3.05, 3.63) is 95.1 Å². The van der Waals surface area contributed by atoms with Crippen LogP contribution in [0.15, 0.2) is 77.7 Å². The van der Waals surface area contributed by atoms with Gasteiger partial charge in [-0.15, -0.1) is 0 Å². The number of rotatable bonds is 9. The molecule has 0 aliphatic rings. The number of carbonyl (C=O) groups is 1. The van der Waals surface area contributed by atoms with Crippen LogP contribution in [0.5, 0.6) is 5.75 Å². The fourth-order valence-corrected chi connectivity index (χ4v) is 5.03. The summed E-state index contributed by atoms with van der Waals surface area (Å²) in [5, 5.41) is 2.91. The molecule has 0 saturated heterocycles. The Kier molecular flexibility index (Phi) is 7.89. The first kappa shape index (κ1) is 24.5. The highest BCUT2D eigenvalue weighted by molar-refractivity contribution is 7.89. The van der Waals surface area contributed by atoms with Crippen molar-refractivity contribution in [2.75, 3.05) is 13.7 Å². The van der Waals surface area contributed by atoms with Crippen molar-refractivity contribution in [2.45, 2.75) is 38.3 Å². The second-order valence-electron chi connectivity index (χ2n) is 8.11. The predicted molar refractivity (Wildman–Crippen MR) is 130 cm³/mol. The molecule has 33 heavy (non-hydrogen) atoms. The topological polar surface area (TPSA) is 75.7 Å². The molecule has 0 spiro atoms. The number of hydrogen-bond donors (Lipinski definition) is 1. The van der Waals surface area contributed by atoms with Crippen LogP contribution in [0.1, 0.15) is 35.2 Å². The molecule has 3 rings (SSSR count). The van der Waals surface area contributed by atoms with Crippen LogP contribution in [0.25, 0.3) is 0 Å². The van der Waals surface area contributed by atoms with Gasteiger partial charge in [-0.3, -0.25) is 4.79 Å². The average Bonchev–Trinajstić information content (AvgIpc) is 2.79. The number of amides is 1. The minimum atomic E-state index is -3.89.